The maximum Gasteiger partial charge on any atom is 0.133 e. The van der Waals surface area contributed by atoms with Crippen molar-refractivity contribution in [1.82, 2.24) is 9.97 Å². The predicted octanol–water partition coefficient (Wildman–Crippen LogP) is 4.21. The van der Waals surface area contributed by atoms with E-state index in [0.29, 0.717) is 4.64 Å². The van der Waals surface area contributed by atoms with Crippen molar-refractivity contribution in [1.29, 1.82) is 0 Å². The largest absolute Gasteiger partial charge is 0.346 e. The van der Waals surface area contributed by atoms with E-state index in [1.165, 1.54) is 12.1 Å². The maximum absolute atomic E-state index is 13.4. The lowest BCUT2D eigenvalue weighted by Gasteiger charge is -2.11. The van der Waals surface area contributed by atoms with Crippen LogP contribution in [0.2, 0.25) is 0 Å². The van der Waals surface area contributed by atoms with E-state index >= 15 is 0 Å². The standard InChI is InChI=1S/C14H15FN2S/c1-3-4-11-13(16-8-17-14(11)18)12-7-10(15)6-5-9(12)2/h5-8H,3-4H2,1-2H3,(H,16,17,18). The van der Waals surface area contributed by atoms with E-state index in [1.807, 2.05) is 6.92 Å². The first-order valence-electron chi connectivity index (χ1n) is 5.96. The van der Waals surface area contributed by atoms with Crippen molar-refractivity contribution in [2.75, 3.05) is 0 Å². The minimum atomic E-state index is -0.242. The van der Waals surface area contributed by atoms with Crippen LogP contribution in [-0.4, -0.2) is 9.97 Å². The SMILES string of the molecule is CCCc1c(-c2cc(F)ccc2C)[nH]cnc1=S. The van der Waals surface area contributed by atoms with Gasteiger partial charge in [0.1, 0.15) is 10.5 Å². The summed E-state index contributed by atoms with van der Waals surface area (Å²) in [5.74, 6) is -0.242. The van der Waals surface area contributed by atoms with Gasteiger partial charge in [-0.3, -0.25) is 0 Å². The zero-order valence-electron chi connectivity index (χ0n) is 10.5. The van der Waals surface area contributed by atoms with Crippen LogP contribution in [0.25, 0.3) is 11.3 Å². The van der Waals surface area contributed by atoms with Crippen LogP contribution in [0, 0.1) is 17.4 Å². The number of halogens is 1. The number of benzene rings is 1. The van der Waals surface area contributed by atoms with E-state index in [-0.39, 0.29) is 5.82 Å². The summed E-state index contributed by atoms with van der Waals surface area (Å²) in [4.78, 5) is 7.20. The fourth-order valence-electron chi connectivity index (χ4n) is 2.01. The highest BCUT2D eigenvalue weighted by Crippen LogP contribution is 2.26. The summed E-state index contributed by atoms with van der Waals surface area (Å²) in [5.41, 5.74) is 3.75. The summed E-state index contributed by atoms with van der Waals surface area (Å²) in [7, 11) is 0. The molecular formula is C14H15FN2S. The third-order valence-electron chi connectivity index (χ3n) is 2.92. The Morgan fingerprint density at radius 1 is 1.39 bits per heavy atom. The van der Waals surface area contributed by atoms with Crippen molar-refractivity contribution in [2.24, 2.45) is 0 Å². The lowest BCUT2D eigenvalue weighted by atomic mass is 10.00. The molecule has 0 unspecified atom stereocenters. The molecule has 2 nitrogen and oxygen atoms in total. The molecule has 0 saturated carbocycles. The van der Waals surface area contributed by atoms with Crippen molar-refractivity contribution < 1.29 is 4.39 Å². The number of hydrogen-bond acceptors (Lipinski definition) is 2. The number of rotatable bonds is 3. The molecule has 2 aromatic rings. The zero-order chi connectivity index (χ0) is 13.1. The number of nitrogens with zero attached hydrogens (tertiary/aromatic N) is 1. The van der Waals surface area contributed by atoms with Crippen LogP contribution in [0.15, 0.2) is 24.5 Å². The average Bonchev–Trinajstić information content (AvgIpc) is 2.35. The fourth-order valence-corrected chi connectivity index (χ4v) is 2.27. The van der Waals surface area contributed by atoms with Crippen molar-refractivity contribution in [3.05, 3.63) is 46.1 Å². The second-order valence-electron chi connectivity index (χ2n) is 4.27. The first-order chi connectivity index (χ1) is 8.63. The van der Waals surface area contributed by atoms with Gasteiger partial charge in [0.15, 0.2) is 0 Å². The molecular weight excluding hydrogens is 247 g/mol. The first kappa shape index (κ1) is 12.9. The molecule has 0 aliphatic carbocycles. The molecule has 1 aromatic heterocycles. The van der Waals surface area contributed by atoms with Crippen LogP contribution >= 0.6 is 12.2 Å². The van der Waals surface area contributed by atoms with Gasteiger partial charge in [-0.15, -0.1) is 0 Å². The Morgan fingerprint density at radius 3 is 2.89 bits per heavy atom. The second kappa shape index (κ2) is 5.40. The molecule has 0 atom stereocenters. The molecule has 18 heavy (non-hydrogen) atoms. The van der Waals surface area contributed by atoms with Gasteiger partial charge >= 0.3 is 0 Å². The minimum absolute atomic E-state index is 0.242. The van der Waals surface area contributed by atoms with E-state index in [1.54, 1.807) is 12.4 Å². The number of aromatic amines is 1. The Morgan fingerprint density at radius 2 is 2.17 bits per heavy atom. The summed E-state index contributed by atoms with van der Waals surface area (Å²) in [6, 6.07) is 4.78. The highest BCUT2D eigenvalue weighted by Gasteiger charge is 2.10. The van der Waals surface area contributed by atoms with Crippen LogP contribution in [0.3, 0.4) is 0 Å². The van der Waals surface area contributed by atoms with Crippen molar-refractivity contribution in [2.45, 2.75) is 26.7 Å². The Hall–Kier alpha value is -1.55. The van der Waals surface area contributed by atoms with Gasteiger partial charge in [0.2, 0.25) is 0 Å². The quantitative estimate of drug-likeness (QED) is 0.839. The van der Waals surface area contributed by atoms with Crippen LogP contribution < -0.4 is 0 Å². The Bertz CT molecular complexity index is 619. The molecule has 1 N–H and O–H groups in total. The van der Waals surface area contributed by atoms with E-state index < -0.39 is 0 Å². The molecule has 94 valence electrons. The van der Waals surface area contributed by atoms with Gasteiger partial charge in [0.05, 0.1) is 12.0 Å². The predicted molar refractivity (Wildman–Crippen MR) is 73.5 cm³/mol. The van der Waals surface area contributed by atoms with E-state index in [0.717, 1.165) is 35.2 Å². The molecule has 0 saturated heterocycles. The summed E-state index contributed by atoms with van der Waals surface area (Å²) >= 11 is 5.26. The van der Waals surface area contributed by atoms with E-state index in [2.05, 4.69) is 16.9 Å². The van der Waals surface area contributed by atoms with E-state index in [4.69, 9.17) is 12.2 Å². The average molecular weight is 262 g/mol. The summed E-state index contributed by atoms with van der Waals surface area (Å²) in [5, 5.41) is 0. The molecule has 2 rings (SSSR count). The molecule has 0 radical (unpaired) electrons. The molecule has 0 aliphatic rings. The number of hydrogen-bond donors (Lipinski definition) is 1. The smallest absolute Gasteiger partial charge is 0.133 e. The highest BCUT2D eigenvalue weighted by molar-refractivity contribution is 7.71. The van der Waals surface area contributed by atoms with Crippen LogP contribution in [0.1, 0.15) is 24.5 Å². The van der Waals surface area contributed by atoms with Gasteiger partial charge in [-0.2, -0.15) is 0 Å². The topological polar surface area (TPSA) is 28.7 Å². The molecule has 4 heteroatoms. The van der Waals surface area contributed by atoms with Crippen molar-refractivity contribution in [3.63, 3.8) is 0 Å². The Labute approximate surface area is 111 Å². The zero-order valence-corrected chi connectivity index (χ0v) is 11.3. The number of aryl methyl sites for hydroxylation is 1. The molecule has 0 spiro atoms. The Kier molecular flexibility index (Phi) is 3.87. The molecule has 0 fully saturated rings. The van der Waals surface area contributed by atoms with Gasteiger partial charge in [0.25, 0.3) is 0 Å². The third kappa shape index (κ3) is 2.48. The second-order valence-corrected chi connectivity index (χ2v) is 4.66. The highest BCUT2D eigenvalue weighted by atomic mass is 32.1. The van der Waals surface area contributed by atoms with Crippen LogP contribution in [0.4, 0.5) is 4.39 Å². The molecule has 0 aliphatic heterocycles. The van der Waals surface area contributed by atoms with Crippen LogP contribution in [0.5, 0.6) is 0 Å². The van der Waals surface area contributed by atoms with E-state index in [9.17, 15) is 4.39 Å². The number of aromatic nitrogens is 2. The normalized spacial score (nSPS) is 10.6. The monoisotopic (exact) mass is 262 g/mol. The van der Waals surface area contributed by atoms with Crippen molar-refractivity contribution in [3.8, 4) is 11.3 Å². The number of H-pyrrole nitrogens is 1. The van der Waals surface area contributed by atoms with Gasteiger partial charge in [-0.05, 0) is 31.0 Å². The van der Waals surface area contributed by atoms with Gasteiger partial charge < -0.3 is 4.98 Å². The maximum atomic E-state index is 13.4. The fraction of sp³-hybridized carbons (Fsp3) is 0.286. The van der Waals surface area contributed by atoms with Gasteiger partial charge in [-0.1, -0.05) is 31.6 Å². The molecule has 0 bridgehead atoms. The Balaban J connectivity index is 2.67. The summed E-state index contributed by atoms with van der Waals surface area (Å²) in [6.07, 6.45) is 3.39. The van der Waals surface area contributed by atoms with Crippen molar-refractivity contribution >= 4 is 12.2 Å². The van der Waals surface area contributed by atoms with Crippen LogP contribution in [-0.2, 0) is 6.42 Å². The lowest BCUT2D eigenvalue weighted by Crippen LogP contribution is -1.98. The lowest BCUT2D eigenvalue weighted by molar-refractivity contribution is 0.628. The summed E-state index contributed by atoms with van der Waals surface area (Å²) < 4.78 is 14.0. The number of nitrogens with one attached hydrogen (secondary N) is 1. The third-order valence-corrected chi connectivity index (χ3v) is 3.27. The minimum Gasteiger partial charge on any atom is -0.346 e. The van der Waals surface area contributed by atoms with Gasteiger partial charge in [0, 0.05) is 11.1 Å². The summed E-state index contributed by atoms with van der Waals surface area (Å²) in [6.45, 7) is 4.05. The molecule has 1 aromatic carbocycles. The first-order valence-corrected chi connectivity index (χ1v) is 6.37. The molecule has 1 heterocycles. The molecule has 0 amide bonds. The van der Waals surface area contributed by atoms with Gasteiger partial charge in [-0.25, -0.2) is 9.37 Å².